The molecule has 0 aliphatic heterocycles. The summed E-state index contributed by atoms with van der Waals surface area (Å²) in [5.41, 5.74) is 0.185. The SMILES string of the molecule is CSc1ccc(Cl)c(C(=O)O[C@H](C)C(=O)NC(=O)NC2CCCCC2)c1. The van der Waals surface area contributed by atoms with Gasteiger partial charge in [-0.3, -0.25) is 10.1 Å². The van der Waals surface area contributed by atoms with E-state index < -0.39 is 24.0 Å². The number of hydrogen-bond acceptors (Lipinski definition) is 5. The summed E-state index contributed by atoms with van der Waals surface area (Å²) in [6, 6.07) is 4.52. The van der Waals surface area contributed by atoms with Gasteiger partial charge in [-0.15, -0.1) is 11.8 Å². The fraction of sp³-hybridized carbons (Fsp3) is 0.500. The van der Waals surface area contributed by atoms with Gasteiger partial charge in [0.1, 0.15) is 0 Å². The molecule has 0 aromatic heterocycles. The summed E-state index contributed by atoms with van der Waals surface area (Å²) in [4.78, 5) is 37.1. The Morgan fingerprint density at radius 1 is 1.23 bits per heavy atom. The Bertz CT molecular complexity index is 677. The van der Waals surface area contributed by atoms with Crippen LogP contribution in [0.4, 0.5) is 4.79 Å². The lowest BCUT2D eigenvalue weighted by atomic mass is 9.96. The molecule has 1 aliphatic carbocycles. The van der Waals surface area contributed by atoms with E-state index in [4.69, 9.17) is 16.3 Å². The van der Waals surface area contributed by atoms with Gasteiger partial charge in [0, 0.05) is 10.9 Å². The summed E-state index contributed by atoms with van der Waals surface area (Å²) in [5, 5.41) is 5.24. The molecule has 0 unspecified atom stereocenters. The van der Waals surface area contributed by atoms with Gasteiger partial charge in [-0.25, -0.2) is 9.59 Å². The van der Waals surface area contributed by atoms with E-state index in [1.165, 1.54) is 25.1 Å². The van der Waals surface area contributed by atoms with Crippen LogP contribution in [-0.2, 0) is 9.53 Å². The van der Waals surface area contributed by atoms with Crippen molar-refractivity contribution in [3.05, 3.63) is 28.8 Å². The third-order valence-corrected chi connectivity index (χ3v) is 5.28. The largest absolute Gasteiger partial charge is 0.449 e. The van der Waals surface area contributed by atoms with Gasteiger partial charge in [0.15, 0.2) is 6.10 Å². The average molecular weight is 399 g/mol. The van der Waals surface area contributed by atoms with Crippen LogP contribution in [0, 0.1) is 0 Å². The number of hydrogen-bond donors (Lipinski definition) is 2. The van der Waals surface area contributed by atoms with Gasteiger partial charge >= 0.3 is 12.0 Å². The summed E-state index contributed by atoms with van der Waals surface area (Å²) < 4.78 is 5.14. The highest BCUT2D eigenvalue weighted by Gasteiger charge is 2.23. The van der Waals surface area contributed by atoms with Gasteiger partial charge in [0.2, 0.25) is 0 Å². The number of nitrogens with one attached hydrogen (secondary N) is 2. The Labute approximate surface area is 162 Å². The van der Waals surface area contributed by atoms with Crippen LogP contribution in [0.15, 0.2) is 23.1 Å². The zero-order valence-electron chi connectivity index (χ0n) is 14.8. The molecule has 0 bridgehead atoms. The third kappa shape index (κ3) is 5.92. The molecule has 2 N–H and O–H groups in total. The van der Waals surface area contributed by atoms with Crippen molar-refractivity contribution in [2.24, 2.45) is 0 Å². The molecule has 3 amide bonds. The highest BCUT2D eigenvalue weighted by molar-refractivity contribution is 7.98. The smallest absolute Gasteiger partial charge is 0.340 e. The van der Waals surface area contributed by atoms with Crippen LogP contribution in [-0.4, -0.2) is 36.3 Å². The topological polar surface area (TPSA) is 84.5 Å². The molecule has 0 heterocycles. The maximum atomic E-state index is 12.3. The normalized spacial score (nSPS) is 15.8. The summed E-state index contributed by atoms with van der Waals surface area (Å²) in [7, 11) is 0. The summed E-state index contributed by atoms with van der Waals surface area (Å²) in [6.45, 7) is 1.41. The number of halogens is 1. The van der Waals surface area contributed by atoms with Crippen LogP contribution in [0.5, 0.6) is 0 Å². The van der Waals surface area contributed by atoms with Gasteiger partial charge in [0.25, 0.3) is 5.91 Å². The molecule has 6 nitrogen and oxygen atoms in total. The number of ether oxygens (including phenoxy) is 1. The third-order valence-electron chi connectivity index (χ3n) is 4.22. The highest BCUT2D eigenvalue weighted by Crippen LogP contribution is 2.24. The molecule has 0 radical (unpaired) electrons. The molecule has 1 aliphatic rings. The van der Waals surface area contributed by atoms with Crippen molar-refractivity contribution in [2.45, 2.75) is 56.1 Å². The van der Waals surface area contributed by atoms with Crippen LogP contribution >= 0.6 is 23.4 Å². The first kappa shape index (κ1) is 20.6. The number of carbonyl (C=O) groups excluding carboxylic acids is 3. The van der Waals surface area contributed by atoms with Crippen molar-refractivity contribution in [1.82, 2.24) is 10.6 Å². The molecule has 142 valence electrons. The predicted molar refractivity (Wildman–Crippen MR) is 102 cm³/mol. The van der Waals surface area contributed by atoms with Crippen molar-refractivity contribution < 1.29 is 19.1 Å². The lowest BCUT2D eigenvalue weighted by Gasteiger charge is -2.23. The van der Waals surface area contributed by atoms with Crippen LogP contribution in [0.1, 0.15) is 49.4 Å². The van der Waals surface area contributed by atoms with E-state index in [2.05, 4.69) is 10.6 Å². The molecule has 1 aromatic carbocycles. The summed E-state index contributed by atoms with van der Waals surface area (Å²) >= 11 is 7.49. The standard InChI is InChI=1S/C18H23ClN2O4S/c1-11(16(22)21-18(24)20-12-6-4-3-5-7-12)25-17(23)14-10-13(26-2)8-9-15(14)19/h8-12H,3-7H2,1-2H3,(H2,20,21,22,24)/t11-/m1/s1. The van der Waals surface area contributed by atoms with Gasteiger partial charge < -0.3 is 10.1 Å². The van der Waals surface area contributed by atoms with E-state index in [1.807, 2.05) is 6.26 Å². The molecular weight excluding hydrogens is 376 g/mol. The molecule has 1 fully saturated rings. The fourth-order valence-electron chi connectivity index (χ4n) is 2.75. The molecule has 2 rings (SSSR count). The Balaban J connectivity index is 1.87. The first-order chi connectivity index (χ1) is 12.4. The van der Waals surface area contributed by atoms with Crippen molar-refractivity contribution in [3.8, 4) is 0 Å². The second kappa shape index (κ2) is 9.83. The molecule has 1 saturated carbocycles. The molecule has 8 heteroatoms. The lowest BCUT2D eigenvalue weighted by Crippen LogP contribution is -2.48. The van der Waals surface area contributed by atoms with E-state index >= 15 is 0 Å². The number of carbonyl (C=O) groups is 3. The van der Waals surface area contributed by atoms with E-state index in [9.17, 15) is 14.4 Å². The first-order valence-corrected chi connectivity index (χ1v) is 10.2. The Morgan fingerprint density at radius 2 is 1.92 bits per heavy atom. The number of esters is 1. The minimum absolute atomic E-state index is 0.0856. The van der Waals surface area contributed by atoms with Gasteiger partial charge in [-0.05, 0) is 44.2 Å². The maximum Gasteiger partial charge on any atom is 0.340 e. The van der Waals surface area contributed by atoms with Gasteiger partial charge in [-0.2, -0.15) is 0 Å². The summed E-state index contributed by atoms with van der Waals surface area (Å²) in [6.07, 6.45) is 5.90. The molecule has 1 atom stereocenters. The Kier molecular flexibility index (Phi) is 7.78. The molecule has 1 aromatic rings. The number of imide groups is 1. The zero-order chi connectivity index (χ0) is 19.1. The fourth-order valence-corrected chi connectivity index (χ4v) is 3.38. The van der Waals surface area contributed by atoms with Crippen molar-refractivity contribution in [3.63, 3.8) is 0 Å². The van der Waals surface area contributed by atoms with Crippen LogP contribution in [0.25, 0.3) is 0 Å². The van der Waals surface area contributed by atoms with Crippen LogP contribution in [0.2, 0.25) is 5.02 Å². The van der Waals surface area contributed by atoms with Crippen molar-refractivity contribution in [1.29, 1.82) is 0 Å². The molecular formula is C18H23ClN2O4S. The molecule has 26 heavy (non-hydrogen) atoms. The number of thioether (sulfide) groups is 1. The minimum atomic E-state index is -1.12. The van der Waals surface area contributed by atoms with E-state index in [-0.39, 0.29) is 16.6 Å². The minimum Gasteiger partial charge on any atom is -0.449 e. The first-order valence-electron chi connectivity index (χ1n) is 8.56. The molecule has 0 spiro atoms. The maximum absolute atomic E-state index is 12.3. The second-order valence-electron chi connectivity index (χ2n) is 6.19. The van der Waals surface area contributed by atoms with E-state index in [1.54, 1.807) is 18.2 Å². The lowest BCUT2D eigenvalue weighted by molar-refractivity contribution is -0.127. The van der Waals surface area contributed by atoms with E-state index in [0.717, 1.165) is 30.6 Å². The average Bonchev–Trinajstić information content (AvgIpc) is 2.62. The van der Waals surface area contributed by atoms with Gasteiger partial charge in [0.05, 0.1) is 10.6 Å². The quantitative estimate of drug-likeness (QED) is 0.582. The van der Waals surface area contributed by atoms with Crippen LogP contribution in [0.3, 0.4) is 0 Å². The second-order valence-corrected chi connectivity index (χ2v) is 7.48. The number of benzene rings is 1. The molecule has 0 saturated heterocycles. The summed E-state index contributed by atoms with van der Waals surface area (Å²) in [5.74, 6) is -1.38. The van der Waals surface area contributed by atoms with Crippen molar-refractivity contribution in [2.75, 3.05) is 6.26 Å². The van der Waals surface area contributed by atoms with Gasteiger partial charge in [-0.1, -0.05) is 30.9 Å². The van der Waals surface area contributed by atoms with E-state index in [0.29, 0.717) is 0 Å². The highest BCUT2D eigenvalue weighted by atomic mass is 35.5. The number of urea groups is 1. The van der Waals surface area contributed by atoms with Crippen LogP contribution < -0.4 is 10.6 Å². The Morgan fingerprint density at radius 3 is 2.58 bits per heavy atom. The Hall–Kier alpha value is -1.73. The monoisotopic (exact) mass is 398 g/mol. The number of rotatable bonds is 5. The number of amides is 3. The predicted octanol–water partition coefficient (Wildman–Crippen LogP) is 3.77. The zero-order valence-corrected chi connectivity index (χ0v) is 16.4. The van der Waals surface area contributed by atoms with Crippen molar-refractivity contribution >= 4 is 41.3 Å².